The van der Waals surface area contributed by atoms with Crippen LogP contribution in [0.4, 0.5) is 4.39 Å². The fraction of sp³-hybridized carbons (Fsp3) is 0.429. The number of likely N-dealkylation sites (tertiary alicyclic amines) is 1. The minimum Gasteiger partial charge on any atom is -0.469 e. The summed E-state index contributed by atoms with van der Waals surface area (Å²) in [6.07, 6.45) is 1.84. The molecule has 0 radical (unpaired) electrons. The number of rotatable bonds is 1. The lowest BCUT2D eigenvalue weighted by Crippen LogP contribution is -2.38. The molecule has 3 rings (SSSR count). The van der Waals surface area contributed by atoms with E-state index in [-0.39, 0.29) is 11.8 Å². The van der Waals surface area contributed by atoms with E-state index in [1.165, 1.54) is 19.2 Å². The van der Waals surface area contributed by atoms with Crippen LogP contribution in [0, 0.1) is 11.2 Å². The lowest BCUT2D eigenvalue weighted by Gasteiger charge is -2.31. The molecular weight excluding hydrogens is 259 g/mol. The Kier molecular flexibility index (Phi) is 3.30. The van der Waals surface area contributed by atoms with E-state index in [1.54, 1.807) is 6.07 Å². The van der Waals surface area contributed by atoms with Crippen LogP contribution in [0.1, 0.15) is 24.5 Å². The van der Waals surface area contributed by atoms with Crippen LogP contribution in [0.2, 0.25) is 0 Å². The molecule has 1 aliphatic heterocycles. The smallest absolute Gasteiger partial charge is 0.284 e. The maximum atomic E-state index is 13.2. The Morgan fingerprint density at radius 2 is 2.20 bits per heavy atom. The fourth-order valence-electron chi connectivity index (χ4n) is 2.81. The zero-order valence-corrected chi connectivity index (χ0v) is 11.3. The van der Waals surface area contributed by atoms with Crippen molar-refractivity contribution in [3.05, 3.63) is 29.7 Å². The molecule has 1 fully saturated rings. The average molecular weight is 276 g/mol. The molecule has 2 heterocycles. The van der Waals surface area contributed by atoms with E-state index in [0.29, 0.717) is 5.92 Å². The van der Waals surface area contributed by atoms with Crippen LogP contribution in [0.5, 0.6) is 0 Å². The summed E-state index contributed by atoms with van der Waals surface area (Å²) in [4.78, 5) is 1.92. The normalized spacial score (nSPS) is 16.6. The Bertz CT molecular complexity index is 631. The summed E-state index contributed by atoms with van der Waals surface area (Å²) in [5.74, 6) is 0.0891. The van der Waals surface area contributed by atoms with Gasteiger partial charge in [-0.25, -0.2) is 4.39 Å². The average Bonchev–Trinajstić information content (AvgIpc) is 2.89. The predicted octanol–water partition coefficient (Wildman–Crippen LogP) is 2.46. The Hall–Kier alpha value is -2.11. The molecule has 0 saturated carbocycles. The van der Waals surface area contributed by atoms with Crippen molar-refractivity contribution in [1.82, 2.24) is 15.1 Å². The SMILES string of the molecule is COC(=N)N1CCC(c2n[nH]c3cc(F)ccc23)CC1. The maximum absolute atomic E-state index is 13.2. The molecule has 6 heteroatoms. The van der Waals surface area contributed by atoms with Crippen LogP contribution in [-0.2, 0) is 4.74 Å². The van der Waals surface area contributed by atoms with Gasteiger partial charge in [-0.3, -0.25) is 10.5 Å². The van der Waals surface area contributed by atoms with Gasteiger partial charge in [0.15, 0.2) is 0 Å². The van der Waals surface area contributed by atoms with E-state index in [2.05, 4.69) is 10.2 Å². The number of ether oxygens (including phenoxy) is 1. The van der Waals surface area contributed by atoms with Crippen molar-refractivity contribution < 1.29 is 9.13 Å². The Morgan fingerprint density at radius 3 is 2.90 bits per heavy atom. The number of aromatic amines is 1. The van der Waals surface area contributed by atoms with Gasteiger partial charge < -0.3 is 9.64 Å². The molecule has 1 aliphatic rings. The first-order chi connectivity index (χ1) is 9.69. The molecule has 0 aliphatic carbocycles. The molecule has 1 saturated heterocycles. The highest BCUT2D eigenvalue weighted by Crippen LogP contribution is 2.31. The summed E-state index contributed by atoms with van der Waals surface area (Å²) < 4.78 is 18.1. The van der Waals surface area contributed by atoms with Crippen LogP contribution >= 0.6 is 0 Å². The first kappa shape index (κ1) is 12.9. The molecule has 5 nitrogen and oxygen atoms in total. The number of benzene rings is 1. The second kappa shape index (κ2) is 5.11. The second-order valence-corrected chi connectivity index (χ2v) is 5.07. The van der Waals surface area contributed by atoms with Crippen molar-refractivity contribution >= 4 is 16.9 Å². The van der Waals surface area contributed by atoms with Crippen LogP contribution < -0.4 is 0 Å². The number of halogens is 1. The predicted molar refractivity (Wildman–Crippen MR) is 74.3 cm³/mol. The first-order valence-corrected chi connectivity index (χ1v) is 6.70. The zero-order chi connectivity index (χ0) is 14.1. The summed E-state index contributed by atoms with van der Waals surface area (Å²) >= 11 is 0. The molecule has 0 bridgehead atoms. The molecule has 0 unspecified atom stereocenters. The highest BCUT2D eigenvalue weighted by molar-refractivity contribution is 5.81. The molecule has 0 amide bonds. The van der Waals surface area contributed by atoms with E-state index < -0.39 is 0 Å². The van der Waals surface area contributed by atoms with Crippen molar-refractivity contribution in [1.29, 1.82) is 5.41 Å². The number of hydrogen-bond acceptors (Lipinski definition) is 3. The molecule has 2 N–H and O–H groups in total. The monoisotopic (exact) mass is 276 g/mol. The third-order valence-corrected chi connectivity index (χ3v) is 3.92. The highest BCUT2D eigenvalue weighted by Gasteiger charge is 2.25. The molecule has 1 aromatic carbocycles. The van der Waals surface area contributed by atoms with Crippen molar-refractivity contribution in [2.24, 2.45) is 0 Å². The van der Waals surface area contributed by atoms with Crippen LogP contribution in [0.25, 0.3) is 10.9 Å². The third-order valence-electron chi connectivity index (χ3n) is 3.92. The highest BCUT2D eigenvalue weighted by atomic mass is 19.1. The molecule has 1 aromatic heterocycles. The number of hydrogen-bond donors (Lipinski definition) is 2. The molecule has 20 heavy (non-hydrogen) atoms. The van der Waals surface area contributed by atoms with E-state index in [0.717, 1.165) is 42.5 Å². The van der Waals surface area contributed by atoms with Gasteiger partial charge in [0, 0.05) is 24.4 Å². The number of nitrogens with one attached hydrogen (secondary N) is 2. The van der Waals surface area contributed by atoms with Gasteiger partial charge in [-0.1, -0.05) is 0 Å². The van der Waals surface area contributed by atoms with E-state index >= 15 is 0 Å². The van der Waals surface area contributed by atoms with Gasteiger partial charge in [0.2, 0.25) is 0 Å². The summed E-state index contributed by atoms with van der Waals surface area (Å²) in [6.45, 7) is 1.57. The topological polar surface area (TPSA) is 65.0 Å². The van der Waals surface area contributed by atoms with Gasteiger partial charge in [-0.15, -0.1) is 0 Å². The minimum atomic E-state index is -0.254. The Balaban J connectivity index is 1.78. The number of methoxy groups -OCH3 is 1. The first-order valence-electron chi connectivity index (χ1n) is 6.70. The van der Waals surface area contributed by atoms with Crippen LogP contribution in [0.3, 0.4) is 0 Å². The Morgan fingerprint density at radius 1 is 1.45 bits per heavy atom. The lowest BCUT2D eigenvalue weighted by atomic mass is 9.92. The fourth-order valence-corrected chi connectivity index (χ4v) is 2.81. The number of aromatic nitrogens is 2. The van der Waals surface area contributed by atoms with E-state index in [4.69, 9.17) is 10.1 Å². The largest absolute Gasteiger partial charge is 0.469 e. The number of H-pyrrole nitrogens is 1. The van der Waals surface area contributed by atoms with Gasteiger partial charge in [-0.2, -0.15) is 5.10 Å². The summed E-state index contributed by atoms with van der Waals surface area (Å²) in [6, 6.07) is 4.95. The zero-order valence-electron chi connectivity index (χ0n) is 11.3. The maximum Gasteiger partial charge on any atom is 0.284 e. The van der Waals surface area contributed by atoms with Gasteiger partial charge in [0.05, 0.1) is 18.3 Å². The van der Waals surface area contributed by atoms with E-state index in [1.807, 2.05) is 4.90 Å². The van der Waals surface area contributed by atoms with Crippen LogP contribution in [0.15, 0.2) is 18.2 Å². The molecular formula is C14H17FN4O. The van der Waals surface area contributed by atoms with Gasteiger partial charge in [0.25, 0.3) is 6.02 Å². The van der Waals surface area contributed by atoms with Crippen molar-refractivity contribution in [3.8, 4) is 0 Å². The molecule has 0 atom stereocenters. The number of amidine groups is 1. The van der Waals surface area contributed by atoms with Crippen molar-refractivity contribution in [3.63, 3.8) is 0 Å². The standard InChI is InChI=1S/C14H17FN4O/c1-20-14(16)19-6-4-9(5-7-19)13-11-3-2-10(15)8-12(11)17-18-13/h2-3,8-9,16H,4-7H2,1H3,(H,17,18). The number of nitrogens with zero attached hydrogens (tertiary/aromatic N) is 2. The van der Waals surface area contributed by atoms with Crippen molar-refractivity contribution in [2.75, 3.05) is 20.2 Å². The van der Waals surface area contributed by atoms with Gasteiger partial charge >= 0.3 is 0 Å². The van der Waals surface area contributed by atoms with Gasteiger partial charge in [0.1, 0.15) is 5.82 Å². The van der Waals surface area contributed by atoms with Crippen LogP contribution in [-0.4, -0.2) is 41.3 Å². The minimum absolute atomic E-state index is 0.220. The summed E-state index contributed by atoms with van der Waals surface area (Å²) in [5.41, 5.74) is 1.75. The molecule has 0 spiro atoms. The summed E-state index contributed by atoms with van der Waals surface area (Å²) in [7, 11) is 1.52. The van der Waals surface area contributed by atoms with Crippen molar-refractivity contribution in [2.45, 2.75) is 18.8 Å². The third kappa shape index (κ3) is 2.21. The number of piperidine rings is 1. The molecule has 106 valence electrons. The molecule has 2 aromatic rings. The second-order valence-electron chi connectivity index (χ2n) is 5.07. The van der Waals surface area contributed by atoms with Gasteiger partial charge in [-0.05, 0) is 31.0 Å². The number of fused-ring (bicyclic) bond motifs is 1. The summed E-state index contributed by atoms with van der Waals surface area (Å²) in [5, 5.41) is 15.9. The Labute approximate surface area is 116 Å². The lowest BCUT2D eigenvalue weighted by molar-refractivity contribution is 0.235. The quantitative estimate of drug-likeness (QED) is 0.621. The van der Waals surface area contributed by atoms with E-state index in [9.17, 15) is 4.39 Å².